The van der Waals surface area contributed by atoms with Gasteiger partial charge in [0.15, 0.2) is 12.2 Å². The van der Waals surface area contributed by atoms with Crippen molar-refractivity contribution in [2.45, 2.75) is 5.33 Å². The highest BCUT2D eigenvalue weighted by Crippen LogP contribution is 2.29. The predicted octanol–water partition coefficient (Wildman–Crippen LogP) is 5.15. The van der Waals surface area contributed by atoms with Crippen molar-refractivity contribution in [2.75, 3.05) is 0 Å². The Kier molecular flexibility index (Phi) is 3.22. The van der Waals surface area contributed by atoms with E-state index in [-0.39, 0.29) is 0 Å². The van der Waals surface area contributed by atoms with E-state index in [1.165, 1.54) is 17.2 Å². The molecule has 0 unspecified atom stereocenters. The number of benzene rings is 2. The summed E-state index contributed by atoms with van der Waals surface area (Å²) in [6, 6.07) is 12.5. The van der Waals surface area contributed by atoms with Crippen molar-refractivity contribution >= 4 is 42.6 Å². The first-order valence-electron chi connectivity index (χ1n) is 5.46. The smallest absolute Gasteiger partial charge is 0.181 e. The van der Waals surface area contributed by atoms with Crippen LogP contribution in [0.3, 0.4) is 0 Å². The number of hydrogen-bond acceptors (Lipinski definition) is 2. The number of oxazole rings is 1. The maximum Gasteiger partial charge on any atom is 0.181 e. The van der Waals surface area contributed by atoms with E-state index in [1.54, 1.807) is 0 Å². The Hall–Kier alpha value is -1.13. The maximum atomic E-state index is 5.46. The van der Waals surface area contributed by atoms with Crippen LogP contribution < -0.4 is 0 Å². The third-order valence-electron chi connectivity index (χ3n) is 2.83. The van der Waals surface area contributed by atoms with E-state index >= 15 is 0 Å². The molecule has 18 heavy (non-hydrogen) atoms. The van der Waals surface area contributed by atoms with Crippen LogP contribution in [0.1, 0.15) is 5.69 Å². The quantitative estimate of drug-likeness (QED) is 0.586. The second-order valence-corrected chi connectivity index (χ2v) is 5.44. The van der Waals surface area contributed by atoms with Crippen molar-refractivity contribution in [1.29, 1.82) is 0 Å². The fraction of sp³-hybridized carbons (Fsp3) is 0.0714. The molecular weight excluding hydrogens is 358 g/mol. The van der Waals surface area contributed by atoms with Crippen LogP contribution in [-0.2, 0) is 5.33 Å². The number of rotatable bonds is 2. The monoisotopic (exact) mass is 365 g/mol. The van der Waals surface area contributed by atoms with Crippen LogP contribution in [0.4, 0.5) is 0 Å². The zero-order valence-corrected chi connectivity index (χ0v) is 12.5. The topological polar surface area (TPSA) is 26.0 Å². The molecule has 0 bridgehead atoms. The number of alkyl halides is 1. The van der Waals surface area contributed by atoms with Gasteiger partial charge in [-0.2, -0.15) is 0 Å². The second-order valence-electron chi connectivity index (χ2n) is 3.97. The summed E-state index contributed by atoms with van der Waals surface area (Å²) in [5, 5.41) is 3.08. The molecule has 0 aliphatic carbocycles. The molecule has 0 saturated heterocycles. The predicted molar refractivity (Wildman–Crippen MR) is 79.8 cm³/mol. The summed E-state index contributed by atoms with van der Waals surface area (Å²) in [7, 11) is 0. The number of halogens is 2. The molecule has 90 valence electrons. The van der Waals surface area contributed by atoms with Gasteiger partial charge in [0, 0.05) is 15.4 Å². The van der Waals surface area contributed by atoms with Gasteiger partial charge in [0.2, 0.25) is 0 Å². The summed E-state index contributed by atoms with van der Waals surface area (Å²) in [6.45, 7) is 0. The Labute approximate surface area is 121 Å². The van der Waals surface area contributed by atoms with Gasteiger partial charge < -0.3 is 4.42 Å². The van der Waals surface area contributed by atoms with Gasteiger partial charge in [0.25, 0.3) is 0 Å². The molecule has 0 spiro atoms. The van der Waals surface area contributed by atoms with Gasteiger partial charge in [-0.1, -0.05) is 50.1 Å². The van der Waals surface area contributed by atoms with Crippen LogP contribution in [0.25, 0.3) is 22.1 Å². The van der Waals surface area contributed by atoms with Crippen LogP contribution in [-0.4, -0.2) is 4.98 Å². The van der Waals surface area contributed by atoms with Crippen LogP contribution in [0.5, 0.6) is 0 Å². The summed E-state index contributed by atoms with van der Waals surface area (Å²) in [5.74, 6) is 0.830. The lowest BCUT2D eigenvalue weighted by atomic mass is 10.1. The molecule has 0 radical (unpaired) electrons. The summed E-state index contributed by atoms with van der Waals surface area (Å²) >= 11 is 6.89. The zero-order valence-electron chi connectivity index (χ0n) is 9.36. The third-order valence-corrected chi connectivity index (χ3v) is 3.86. The molecule has 1 aromatic heterocycles. The Morgan fingerprint density at radius 2 is 1.83 bits per heavy atom. The molecule has 2 nitrogen and oxygen atoms in total. The minimum atomic E-state index is 0.692. The van der Waals surface area contributed by atoms with Gasteiger partial charge in [0.05, 0.1) is 5.69 Å². The van der Waals surface area contributed by atoms with Crippen LogP contribution in [0, 0.1) is 0 Å². The summed E-state index contributed by atoms with van der Waals surface area (Å²) in [4.78, 5) is 4.18. The van der Waals surface area contributed by atoms with E-state index in [0.29, 0.717) is 5.33 Å². The fourth-order valence-electron chi connectivity index (χ4n) is 1.96. The van der Waals surface area contributed by atoms with Crippen molar-refractivity contribution in [2.24, 2.45) is 0 Å². The molecule has 0 fully saturated rings. The highest BCUT2D eigenvalue weighted by atomic mass is 79.9. The normalized spacial score (nSPS) is 11.0. The second kappa shape index (κ2) is 4.86. The zero-order chi connectivity index (χ0) is 12.5. The van der Waals surface area contributed by atoms with Crippen LogP contribution in [0.2, 0.25) is 0 Å². The molecule has 0 aliphatic heterocycles. The molecule has 3 rings (SSSR count). The molecule has 0 amide bonds. The minimum absolute atomic E-state index is 0.692. The lowest BCUT2D eigenvalue weighted by molar-refractivity contribution is 0.571. The summed E-state index contributed by atoms with van der Waals surface area (Å²) < 4.78 is 6.55. The Morgan fingerprint density at radius 3 is 2.67 bits per heavy atom. The van der Waals surface area contributed by atoms with Crippen molar-refractivity contribution in [3.05, 3.63) is 53.0 Å². The third kappa shape index (κ3) is 2.10. The highest BCUT2D eigenvalue weighted by Gasteiger charge is 2.10. The first-order valence-corrected chi connectivity index (χ1v) is 7.37. The Morgan fingerprint density at radius 1 is 1.06 bits per heavy atom. The van der Waals surface area contributed by atoms with Crippen molar-refractivity contribution in [3.63, 3.8) is 0 Å². The molecule has 0 aliphatic rings. The van der Waals surface area contributed by atoms with E-state index in [2.05, 4.69) is 67.2 Å². The standard InChI is InChI=1S/C14H9Br2NO/c15-7-13-14(18-8-17-13)11-2-1-10-6-12(16)4-3-9(10)5-11/h1-6,8H,7H2. The van der Waals surface area contributed by atoms with Gasteiger partial charge >= 0.3 is 0 Å². The summed E-state index contributed by atoms with van der Waals surface area (Å²) in [6.07, 6.45) is 1.48. The fourth-order valence-corrected chi connectivity index (χ4v) is 2.74. The lowest BCUT2D eigenvalue weighted by Crippen LogP contribution is -1.83. The molecule has 3 aromatic rings. The molecule has 0 N–H and O–H groups in total. The Balaban J connectivity index is 2.16. The van der Waals surface area contributed by atoms with E-state index in [9.17, 15) is 0 Å². The SMILES string of the molecule is BrCc1ncoc1-c1ccc2cc(Br)ccc2c1. The van der Waals surface area contributed by atoms with Gasteiger partial charge in [0.1, 0.15) is 0 Å². The molecule has 0 atom stereocenters. The number of hydrogen-bond donors (Lipinski definition) is 0. The van der Waals surface area contributed by atoms with E-state index < -0.39 is 0 Å². The van der Waals surface area contributed by atoms with Gasteiger partial charge in [-0.05, 0) is 29.0 Å². The number of aromatic nitrogens is 1. The van der Waals surface area contributed by atoms with Crippen LogP contribution in [0.15, 0.2) is 51.7 Å². The van der Waals surface area contributed by atoms with Gasteiger partial charge in [-0.15, -0.1) is 0 Å². The molecule has 2 aromatic carbocycles. The van der Waals surface area contributed by atoms with Crippen molar-refractivity contribution in [1.82, 2.24) is 4.98 Å². The first kappa shape index (κ1) is 11.9. The average Bonchev–Trinajstić information content (AvgIpc) is 2.86. The largest absolute Gasteiger partial charge is 0.443 e. The van der Waals surface area contributed by atoms with E-state index in [4.69, 9.17) is 4.42 Å². The molecular formula is C14H9Br2NO. The molecule has 1 heterocycles. The Bertz CT molecular complexity index is 706. The summed E-state index contributed by atoms with van der Waals surface area (Å²) in [5.41, 5.74) is 1.98. The highest BCUT2D eigenvalue weighted by molar-refractivity contribution is 9.10. The van der Waals surface area contributed by atoms with Crippen molar-refractivity contribution < 1.29 is 4.42 Å². The van der Waals surface area contributed by atoms with Gasteiger partial charge in [-0.3, -0.25) is 0 Å². The number of fused-ring (bicyclic) bond motifs is 1. The molecule has 0 saturated carbocycles. The van der Waals surface area contributed by atoms with Crippen LogP contribution >= 0.6 is 31.9 Å². The lowest BCUT2D eigenvalue weighted by Gasteiger charge is -2.03. The minimum Gasteiger partial charge on any atom is -0.443 e. The van der Waals surface area contributed by atoms with Gasteiger partial charge in [-0.25, -0.2) is 4.98 Å². The molecule has 4 heteroatoms. The van der Waals surface area contributed by atoms with Crippen molar-refractivity contribution in [3.8, 4) is 11.3 Å². The average molecular weight is 367 g/mol. The van der Waals surface area contributed by atoms with E-state index in [1.807, 2.05) is 6.07 Å². The first-order chi connectivity index (χ1) is 8.78. The number of nitrogens with zero attached hydrogens (tertiary/aromatic N) is 1. The van der Waals surface area contributed by atoms with E-state index in [0.717, 1.165) is 21.5 Å². The maximum absolute atomic E-state index is 5.46.